The van der Waals surface area contributed by atoms with Crippen LogP contribution in [0.1, 0.15) is 12.0 Å². The molecule has 2 aromatic rings. The van der Waals surface area contributed by atoms with Crippen LogP contribution < -0.4 is 20.5 Å². The van der Waals surface area contributed by atoms with E-state index in [2.05, 4.69) is 45.5 Å². The van der Waals surface area contributed by atoms with Gasteiger partial charge in [-0.1, -0.05) is 30.3 Å². The molecule has 0 bridgehead atoms. The second-order valence-electron chi connectivity index (χ2n) is 7.11. The highest BCUT2D eigenvalue weighted by molar-refractivity contribution is 14.0. The molecule has 3 N–H and O–H groups in total. The lowest BCUT2D eigenvalue weighted by molar-refractivity contribution is 0.330. The van der Waals surface area contributed by atoms with Crippen molar-refractivity contribution in [3.63, 3.8) is 0 Å². The van der Waals surface area contributed by atoms with Crippen LogP contribution in [-0.2, 0) is 6.42 Å². The van der Waals surface area contributed by atoms with Gasteiger partial charge < -0.3 is 25.4 Å². The first kappa shape index (κ1) is 23.3. The summed E-state index contributed by atoms with van der Waals surface area (Å²) in [4.78, 5) is 7.06. The van der Waals surface area contributed by atoms with E-state index in [1.165, 1.54) is 12.0 Å². The van der Waals surface area contributed by atoms with Crippen molar-refractivity contribution in [1.82, 2.24) is 4.90 Å². The van der Waals surface area contributed by atoms with Crippen LogP contribution in [0.25, 0.3) is 0 Å². The van der Waals surface area contributed by atoms with Crippen molar-refractivity contribution < 1.29 is 9.47 Å². The molecule has 1 aliphatic heterocycles. The number of hydrogen-bond acceptors (Lipinski definition) is 4. The number of ether oxygens (including phenoxy) is 2. The molecule has 1 heterocycles. The number of benzene rings is 2. The Labute approximate surface area is 190 Å². The molecule has 1 aliphatic rings. The minimum absolute atomic E-state index is 0. The Morgan fingerprint density at radius 1 is 1.14 bits per heavy atom. The Morgan fingerprint density at radius 3 is 2.62 bits per heavy atom. The zero-order valence-corrected chi connectivity index (χ0v) is 19.5. The lowest BCUT2D eigenvalue weighted by atomic mass is 10.1. The Bertz CT molecular complexity index is 786. The van der Waals surface area contributed by atoms with Crippen molar-refractivity contribution >= 4 is 35.6 Å². The van der Waals surface area contributed by atoms with Gasteiger partial charge in [-0.25, -0.2) is 0 Å². The predicted octanol–water partition coefficient (Wildman–Crippen LogP) is 3.61. The standard InChI is InChI=1S/C22H30N4O2.HI/c1-27-20-9-8-19(14-21(20)28-2)25-22(23)24-15-18-11-13-26(16-18)12-10-17-6-4-3-5-7-17;/h3-9,14,18H,10-13,15-16H2,1-2H3,(H3,23,24,25);1H. The molecule has 1 atom stereocenters. The Hall–Kier alpha value is -2.00. The molecule has 1 saturated heterocycles. The van der Waals surface area contributed by atoms with Crippen LogP contribution in [0.15, 0.2) is 53.5 Å². The summed E-state index contributed by atoms with van der Waals surface area (Å²) in [7, 11) is 3.23. The summed E-state index contributed by atoms with van der Waals surface area (Å²) >= 11 is 0. The summed E-state index contributed by atoms with van der Waals surface area (Å²) in [6, 6.07) is 16.2. The van der Waals surface area contributed by atoms with E-state index in [0.717, 1.165) is 38.3 Å². The van der Waals surface area contributed by atoms with Crippen LogP contribution in [0.4, 0.5) is 5.69 Å². The van der Waals surface area contributed by atoms with Crippen molar-refractivity contribution in [2.45, 2.75) is 12.8 Å². The van der Waals surface area contributed by atoms with Crippen LogP contribution in [0.3, 0.4) is 0 Å². The second kappa shape index (κ2) is 11.9. The normalized spacial score (nSPS) is 16.9. The van der Waals surface area contributed by atoms with Crippen molar-refractivity contribution in [1.29, 1.82) is 0 Å². The zero-order valence-electron chi connectivity index (χ0n) is 17.1. The maximum Gasteiger partial charge on any atom is 0.193 e. The Balaban J connectivity index is 0.00000300. The number of aliphatic imine (C=N–C) groups is 1. The highest BCUT2D eigenvalue weighted by atomic mass is 127. The molecule has 6 nitrogen and oxygen atoms in total. The molecule has 0 saturated carbocycles. The first-order chi connectivity index (χ1) is 13.7. The largest absolute Gasteiger partial charge is 0.493 e. The lowest BCUT2D eigenvalue weighted by Crippen LogP contribution is -2.26. The van der Waals surface area contributed by atoms with E-state index in [0.29, 0.717) is 23.4 Å². The van der Waals surface area contributed by atoms with Gasteiger partial charge in [0.1, 0.15) is 0 Å². The zero-order chi connectivity index (χ0) is 19.8. The molecule has 29 heavy (non-hydrogen) atoms. The van der Waals surface area contributed by atoms with E-state index < -0.39 is 0 Å². The summed E-state index contributed by atoms with van der Waals surface area (Å²) in [5.41, 5.74) is 8.29. The maximum atomic E-state index is 6.07. The van der Waals surface area contributed by atoms with Crippen LogP contribution in [0.2, 0.25) is 0 Å². The average Bonchev–Trinajstić information content (AvgIpc) is 3.19. The molecule has 0 aliphatic carbocycles. The van der Waals surface area contributed by atoms with Crippen molar-refractivity contribution in [2.24, 2.45) is 16.6 Å². The molecular weight excluding hydrogens is 479 g/mol. The minimum Gasteiger partial charge on any atom is -0.493 e. The molecule has 158 valence electrons. The fourth-order valence-corrected chi connectivity index (χ4v) is 3.53. The monoisotopic (exact) mass is 510 g/mol. The molecule has 1 fully saturated rings. The van der Waals surface area contributed by atoms with Gasteiger partial charge in [-0.3, -0.25) is 4.99 Å². The van der Waals surface area contributed by atoms with Crippen LogP contribution in [0.5, 0.6) is 11.5 Å². The average molecular weight is 510 g/mol. The van der Waals surface area contributed by atoms with E-state index in [4.69, 9.17) is 15.2 Å². The minimum atomic E-state index is 0. The van der Waals surface area contributed by atoms with E-state index in [1.807, 2.05) is 18.2 Å². The summed E-state index contributed by atoms with van der Waals surface area (Å²) in [5, 5.41) is 3.13. The first-order valence-corrected chi connectivity index (χ1v) is 9.73. The highest BCUT2D eigenvalue weighted by Gasteiger charge is 2.21. The number of likely N-dealkylation sites (tertiary alicyclic amines) is 1. The molecule has 2 aromatic carbocycles. The van der Waals surface area contributed by atoms with Gasteiger partial charge in [-0.15, -0.1) is 24.0 Å². The SMILES string of the molecule is COc1ccc(NC(N)=NCC2CCN(CCc3ccccc3)C2)cc1OC.I. The molecule has 3 rings (SSSR count). The van der Waals surface area contributed by atoms with Crippen LogP contribution in [0, 0.1) is 5.92 Å². The Kier molecular flexibility index (Phi) is 9.53. The van der Waals surface area contributed by atoms with Gasteiger partial charge in [-0.2, -0.15) is 0 Å². The van der Waals surface area contributed by atoms with Gasteiger partial charge >= 0.3 is 0 Å². The number of hydrogen-bond donors (Lipinski definition) is 2. The number of nitrogens with one attached hydrogen (secondary N) is 1. The predicted molar refractivity (Wildman–Crippen MR) is 130 cm³/mol. The van der Waals surface area contributed by atoms with Gasteiger partial charge in [0.2, 0.25) is 0 Å². The van der Waals surface area contributed by atoms with Crippen molar-refractivity contribution in [2.75, 3.05) is 45.7 Å². The third kappa shape index (κ3) is 7.08. The number of halogens is 1. The number of nitrogens with zero attached hydrogens (tertiary/aromatic N) is 2. The topological polar surface area (TPSA) is 72.1 Å². The first-order valence-electron chi connectivity index (χ1n) is 9.73. The molecule has 0 aromatic heterocycles. The number of guanidine groups is 1. The van der Waals surface area contributed by atoms with Crippen LogP contribution >= 0.6 is 24.0 Å². The summed E-state index contributed by atoms with van der Waals surface area (Å²) < 4.78 is 10.6. The third-order valence-electron chi connectivity index (χ3n) is 5.11. The van der Waals surface area contributed by atoms with Gasteiger partial charge in [0, 0.05) is 31.4 Å². The number of rotatable bonds is 8. The maximum absolute atomic E-state index is 6.07. The molecule has 1 unspecified atom stereocenters. The quantitative estimate of drug-likeness (QED) is 0.323. The van der Waals surface area contributed by atoms with Gasteiger partial charge in [0.05, 0.1) is 14.2 Å². The molecular formula is C22H31IN4O2. The number of methoxy groups -OCH3 is 2. The van der Waals surface area contributed by atoms with Crippen molar-refractivity contribution in [3.8, 4) is 11.5 Å². The van der Waals surface area contributed by atoms with Gasteiger partial charge in [0.25, 0.3) is 0 Å². The summed E-state index contributed by atoms with van der Waals surface area (Å²) in [6.07, 6.45) is 2.27. The fourth-order valence-electron chi connectivity index (χ4n) is 3.53. The van der Waals surface area contributed by atoms with E-state index in [1.54, 1.807) is 14.2 Å². The highest BCUT2D eigenvalue weighted by Crippen LogP contribution is 2.29. The molecule has 7 heteroatoms. The smallest absolute Gasteiger partial charge is 0.193 e. The Morgan fingerprint density at radius 2 is 1.90 bits per heavy atom. The summed E-state index contributed by atoms with van der Waals surface area (Å²) in [5.74, 6) is 2.33. The number of anilines is 1. The molecule has 0 spiro atoms. The van der Waals surface area contributed by atoms with E-state index in [9.17, 15) is 0 Å². The molecule has 0 radical (unpaired) electrons. The van der Waals surface area contributed by atoms with E-state index in [-0.39, 0.29) is 24.0 Å². The third-order valence-corrected chi connectivity index (χ3v) is 5.11. The lowest BCUT2D eigenvalue weighted by Gasteiger charge is -2.15. The van der Waals surface area contributed by atoms with Gasteiger partial charge in [0.15, 0.2) is 17.5 Å². The van der Waals surface area contributed by atoms with Gasteiger partial charge in [-0.05, 0) is 43.0 Å². The number of nitrogens with two attached hydrogens (primary N) is 1. The molecule has 0 amide bonds. The fraction of sp³-hybridized carbons (Fsp3) is 0.409. The summed E-state index contributed by atoms with van der Waals surface area (Å²) in [6.45, 7) is 4.06. The van der Waals surface area contributed by atoms with Crippen molar-refractivity contribution in [3.05, 3.63) is 54.1 Å². The van der Waals surface area contributed by atoms with Crippen LogP contribution in [-0.4, -0.2) is 51.3 Å². The van der Waals surface area contributed by atoms with E-state index >= 15 is 0 Å². The second-order valence-corrected chi connectivity index (χ2v) is 7.11.